The van der Waals surface area contributed by atoms with Gasteiger partial charge in [-0.05, 0) is 31.9 Å². The third-order valence-electron chi connectivity index (χ3n) is 4.41. The van der Waals surface area contributed by atoms with E-state index < -0.39 is 5.63 Å². The van der Waals surface area contributed by atoms with Crippen LogP contribution in [0.5, 0.6) is 0 Å². The van der Waals surface area contributed by atoms with E-state index >= 15 is 0 Å². The Morgan fingerprint density at radius 1 is 1.31 bits per heavy atom. The van der Waals surface area contributed by atoms with Crippen LogP contribution in [-0.2, 0) is 13.0 Å². The highest BCUT2D eigenvalue weighted by molar-refractivity contribution is 5.95. The van der Waals surface area contributed by atoms with Crippen LogP contribution in [0.1, 0.15) is 79.9 Å². The molecule has 0 spiro atoms. The highest BCUT2D eigenvalue weighted by Crippen LogP contribution is 2.21. The molecule has 0 aliphatic rings. The van der Waals surface area contributed by atoms with Crippen molar-refractivity contribution in [1.82, 2.24) is 15.0 Å². The Bertz CT molecular complexity index is 809. The van der Waals surface area contributed by atoms with Gasteiger partial charge in [-0.3, -0.25) is 4.79 Å². The Labute approximate surface area is 153 Å². The molecule has 2 aromatic rings. The van der Waals surface area contributed by atoms with E-state index in [0.29, 0.717) is 36.0 Å². The molecule has 0 aliphatic heterocycles. The maximum Gasteiger partial charge on any atom is 0.349 e. The van der Waals surface area contributed by atoms with E-state index in [9.17, 15) is 9.59 Å². The van der Waals surface area contributed by atoms with Crippen molar-refractivity contribution in [2.75, 3.05) is 6.54 Å². The van der Waals surface area contributed by atoms with E-state index in [-0.39, 0.29) is 23.9 Å². The third kappa shape index (κ3) is 4.39. The van der Waals surface area contributed by atoms with Crippen molar-refractivity contribution < 1.29 is 13.7 Å². The molecule has 7 nitrogen and oxygen atoms in total. The van der Waals surface area contributed by atoms with Crippen molar-refractivity contribution in [3.8, 4) is 0 Å². The summed E-state index contributed by atoms with van der Waals surface area (Å²) in [6, 6.07) is 1.80. The Hall–Kier alpha value is -2.44. The number of carbonyl (C=O) groups excluding carboxylic acids is 1. The van der Waals surface area contributed by atoms with Crippen molar-refractivity contribution in [2.24, 2.45) is 0 Å². The Balaban J connectivity index is 2.27. The largest absolute Gasteiger partial charge is 0.427 e. The highest BCUT2D eigenvalue weighted by atomic mass is 16.5. The first kappa shape index (κ1) is 19.9. The fourth-order valence-electron chi connectivity index (χ4n) is 2.85. The lowest BCUT2D eigenvalue weighted by molar-refractivity contribution is 0.0728. The molecule has 0 saturated carbocycles. The summed E-state index contributed by atoms with van der Waals surface area (Å²) < 4.78 is 10.6. The first-order valence-corrected chi connectivity index (χ1v) is 9.16. The molecule has 0 N–H and O–H groups in total. The van der Waals surface area contributed by atoms with Crippen LogP contribution < -0.4 is 5.63 Å². The summed E-state index contributed by atoms with van der Waals surface area (Å²) >= 11 is 0. The van der Waals surface area contributed by atoms with Crippen LogP contribution in [0.2, 0.25) is 0 Å². The van der Waals surface area contributed by atoms with Gasteiger partial charge in [-0.2, -0.15) is 4.98 Å². The molecule has 1 amide bonds. The molecule has 1 unspecified atom stereocenters. The zero-order chi connectivity index (χ0) is 19.3. The first-order chi connectivity index (χ1) is 12.4. The third-order valence-corrected chi connectivity index (χ3v) is 4.41. The van der Waals surface area contributed by atoms with Gasteiger partial charge in [-0.1, -0.05) is 32.3 Å². The molecule has 0 aromatic carbocycles. The quantitative estimate of drug-likeness (QED) is 0.715. The summed E-state index contributed by atoms with van der Waals surface area (Å²) in [4.78, 5) is 31.1. The molecule has 0 bridgehead atoms. The van der Waals surface area contributed by atoms with E-state index in [0.717, 1.165) is 12.8 Å². The van der Waals surface area contributed by atoms with Crippen LogP contribution in [-0.4, -0.2) is 27.5 Å². The van der Waals surface area contributed by atoms with Gasteiger partial charge in [0.1, 0.15) is 17.9 Å². The minimum absolute atomic E-state index is 0.0644. The van der Waals surface area contributed by atoms with Crippen LogP contribution in [0, 0.1) is 6.92 Å². The molecule has 0 fully saturated rings. The smallest absolute Gasteiger partial charge is 0.349 e. The molecular weight excluding hydrogens is 334 g/mol. The molecule has 2 aromatic heterocycles. The lowest BCUT2D eigenvalue weighted by Crippen LogP contribution is -2.34. The molecule has 0 radical (unpaired) electrons. The monoisotopic (exact) mass is 361 g/mol. The Morgan fingerprint density at radius 2 is 2.04 bits per heavy atom. The van der Waals surface area contributed by atoms with Gasteiger partial charge in [0.2, 0.25) is 5.89 Å². The van der Waals surface area contributed by atoms with E-state index in [1.807, 2.05) is 20.8 Å². The minimum Gasteiger partial charge on any atom is -0.427 e. The van der Waals surface area contributed by atoms with Crippen molar-refractivity contribution in [3.05, 3.63) is 45.1 Å². The van der Waals surface area contributed by atoms with Gasteiger partial charge in [-0.15, -0.1) is 0 Å². The van der Waals surface area contributed by atoms with Crippen LogP contribution >= 0.6 is 0 Å². The van der Waals surface area contributed by atoms with Gasteiger partial charge < -0.3 is 13.8 Å². The molecule has 1 atom stereocenters. The number of hydrogen-bond acceptors (Lipinski definition) is 6. The SMILES string of the molecule is CCCC(C)c1cc(C)c(C(=O)N(CC)Cc2nc(CC)no2)c(=O)o1. The average molecular weight is 361 g/mol. The summed E-state index contributed by atoms with van der Waals surface area (Å²) in [6.07, 6.45) is 2.58. The van der Waals surface area contributed by atoms with Crippen LogP contribution in [0.4, 0.5) is 0 Å². The second kappa shape index (κ2) is 8.78. The van der Waals surface area contributed by atoms with Crippen LogP contribution in [0.3, 0.4) is 0 Å². The van der Waals surface area contributed by atoms with Gasteiger partial charge >= 0.3 is 5.63 Å². The number of aryl methyl sites for hydroxylation is 2. The van der Waals surface area contributed by atoms with E-state index in [1.165, 1.54) is 4.90 Å². The first-order valence-electron chi connectivity index (χ1n) is 9.16. The molecule has 0 aliphatic carbocycles. The molecule has 0 saturated heterocycles. The van der Waals surface area contributed by atoms with Gasteiger partial charge in [0.05, 0.1) is 0 Å². The zero-order valence-electron chi connectivity index (χ0n) is 16.2. The fraction of sp³-hybridized carbons (Fsp3) is 0.579. The van der Waals surface area contributed by atoms with Crippen molar-refractivity contribution >= 4 is 5.91 Å². The van der Waals surface area contributed by atoms with Gasteiger partial charge in [0.25, 0.3) is 5.91 Å². The lowest BCUT2D eigenvalue weighted by Gasteiger charge is -2.19. The van der Waals surface area contributed by atoms with Crippen LogP contribution in [0.15, 0.2) is 19.8 Å². The summed E-state index contributed by atoms with van der Waals surface area (Å²) in [7, 11) is 0. The minimum atomic E-state index is -0.592. The van der Waals surface area contributed by atoms with Gasteiger partial charge in [0, 0.05) is 18.9 Å². The van der Waals surface area contributed by atoms with Gasteiger partial charge in [-0.25, -0.2) is 4.79 Å². The van der Waals surface area contributed by atoms with E-state index in [4.69, 9.17) is 8.94 Å². The van der Waals surface area contributed by atoms with Crippen molar-refractivity contribution in [2.45, 2.75) is 66.3 Å². The number of amides is 1. The second-order valence-corrected chi connectivity index (χ2v) is 6.46. The standard InChI is InChI=1S/C19H27N3O4/c1-6-9-12(4)14-10-13(5)17(19(24)25-14)18(23)22(8-3)11-16-20-15(7-2)21-26-16/h10,12H,6-9,11H2,1-5H3. The van der Waals surface area contributed by atoms with Gasteiger partial charge in [0.15, 0.2) is 5.82 Å². The summed E-state index contributed by atoms with van der Waals surface area (Å²) in [5.41, 5.74) is 0.100. The molecule has 142 valence electrons. The summed E-state index contributed by atoms with van der Waals surface area (Å²) in [5, 5.41) is 3.83. The predicted molar refractivity (Wildman–Crippen MR) is 97.1 cm³/mol. The molecule has 2 heterocycles. The summed E-state index contributed by atoms with van der Waals surface area (Å²) in [6.45, 7) is 10.2. The van der Waals surface area contributed by atoms with E-state index in [1.54, 1.807) is 13.0 Å². The number of nitrogens with zero attached hydrogens (tertiary/aromatic N) is 3. The normalized spacial score (nSPS) is 12.2. The fourth-order valence-corrected chi connectivity index (χ4v) is 2.85. The van der Waals surface area contributed by atoms with Crippen molar-refractivity contribution in [3.63, 3.8) is 0 Å². The molecule has 2 rings (SSSR count). The Kier molecular flexibility index (Phi) is 6.71. The molecule has 26 heavy (non-hydrogen) atoms. The Morgan fingerprint density at radius 3 is 2.58 bits per heavy atom. The lowest BCUT2D eigenvalue weighted by atomic mass is 10.0. The predicted octanol–water partition coefficient (Wildman–Crippen LogP) is 3.46. The number of hydrogen-bond donors (Lipinski definition) is 0. The molecular formula is C19H27N3O4. The second-order valence-electron chi connectivity index (χ2n) is 6.46. The maximum atomic E-state index is 12.9. The average Bonchev–Trinajstić information content (AvgIpc) is 3.06. The zero-order valence-corrected chi connectivity index (χ0v) is 16.2. The number of carbonyl (C=O) groups is 1. The van der Waals surface area contributed by atoms with Crippen molar-refractivity contribution in [1.29, 1.82) is 0 Å². The van der Waals surface area contributed by atoms with E-state index in [2.05, 4.69) is 17.1 Å². The maximum absolute atomic E-state index is 12.9. The van der Waals surface area contributed by atoms with Crippen LogP contribution in [0.25, 0.3) is 0 Å². The summed E-state index contributed by atoms with van der Waals surface area (Å²) in [5.74, 6) is 1.33. The number of aromatic nitrogens is 2. The number of rotatable bonds is 8. The topological polar surface area (TPSA) is 89.4 Å². The highest BCUT2D eigenvalue weighted by Gasteiger charge is 2.24. The molecule has 7 heteroatoms.